The second-order valence-electron chi connectivity index (χ2n) is 13.5. The molecule has 0 saturated carbocycles. The van der Waals surface area contributed by atoms with E-state index in [1.54, 1.807) is 0 Å². The Kier molecular flexibility index (Phi) is 7.86. The summed E-state index contributed by atoms with van der Waals surface area (Å²) < 4.78 is 0. The Morgan fingerprint density at radius 3 is 1.25 bits per heavy atom. The van der Waals surface area contributed by atoms with Crippen LogP contribution in [0.2, 0.25) is 0 Å². The third-order valence-electron chi connectivity index (χ3n) is 7.76. The standard InChI is InChI=1S/C36H46N2O2/c1-23-15-27(33(39)29(17-23)35(3,4)5)21-37(9)31-19-25-13-11-12-14-26(25)20-32(31)38(10)22-28-16-24(2)18-30(34(28)40)36(6,7)8/h11-20,39-40H,21-22H2,1-10H3. The molecule has 4 nitrogen and oxygen atoms in total. The van der Waals surface area contributed by atoms with Crippen LogP contribution in [0.3, 0.4) is 0 Å². The highest BCUT2D eigenvalue weighted by Gasteiger charge is 2.24. The van der Waals surface area contributed by atoms with E-state index >= 15 is 0 Å². The molecular formula is C36H46N2O2. The number of aryl methyl sites for hydroxylation is 2. The molecule has 4 heteroatoms. The molecule has 0 radical (unpaired) electrons. The summed E-state index contributed by atoms with van der Waals surface area (Å²) in [6.07, 6.45) is 0. The lowest BCUT2D eigenvalue weighted by Gasteiger charge is -2.31. The van der Waals surface area contributed by atoms with E-state index in [0.29, 0.717) is 24.6 Å². The van der Waals surface area contributed by atoms with Crippen molar-refractivity contribution < 1.29 is 10.2 Å². The summed E-state index contributed by atoms with van der Waals surface area (Å²) in [6, 6.07) is 21.2. The predicted octanol–water partition coefficient (Wildman–Crippen LogP) is 8.74. The summed E-state index contributed by atoms with van der Waals surface area (Å²) in [6.45, 7) is 18.1. The van der Waals surface area contributed by atoms with Crippen molar-refractivity contribution in [2.75, 3.05) is 23.9 Å². The number of fused-ring (bicyclic) bond motifs is 1. The van der Waals surface area contributed by atoms with Gasteiger partial charge >= 0.3 is 0 Å². The van der Waals surface area contributed by atoms with Crippen LogP contribution in [0.25, 0.3) is 10.8 Å². The number of rotatable bonds is 6. The molecule has 0 unspecified atom stereocenters. The van der Waals surface area contributed by atoms with Gasteiger partial charge in [-0.3, -0.25) is 0 Å². The van der Waals surface area contributed by atoms with Gasteiger partial charge in [0.2, 0.25) is 0 Å². The maximum atomic E-state index is 11.3. The monoisotopic (exact) mass is 538 g/mol. The Morgan fingerprint density at radius 2 is 0.925 bits per heavy atom. The van der Waals surface area contributed by atoms with E-state index in [9.17, 15) is 10.2 Å². The van der Waals surface area contributed by atoms with Crippen LogP contribution in [0.15, 0.2) is 60.7 Å². The minimum atomic E-state index is -0.153. The molecule has 0 aliphatic rings. The zero-order valence-electron chi connectivity index (χ0n) is 26.0. The fourth-order valence-corrected chi connectivity index (χ4v) is 5.60. The molecule has 0 spiro atoms. The summed E-state index contributed by atoms with van der Waals surface area (Å²) in [5, 5.41) is 24.9. The summed E-state index contributed by atoms with van der Waals surface area (Å²) in [5.41, 5.74) is 7.90. The van der Waals surface area contributed by atoms with E-state index < -0.39 is 0 Å². The molecule has 0 aromatic heterocycles. The maximum Gasteiger partial charge on any atom is 0.124 e. The van der Waals surface area contributed by atoms with Crippen molar-refractivity contribution >= 4 is 22.1 Å². The highest BCUT2D eigenvalue weighted by atomic mass is 16.3. The third kappa shape index (κ3) is 6.06. The van der Waals surface area contributed by atoms with Crippen LogP contribution in [0.5, 0.6) is 11.5 Å². The number of phenolic OH excluding ortho intramolecular Hbond substituents is 2. The molecule has 0 saturated heterocycles. The van der Waals surface area contributed by atoms with Crippen LogP contribution < -0.4 is 9.80 Å². The van der Waals surface area contributed by atoms with E-state index in [2.05, 4.69) is 140 Å². The molecule has 40 heavy (non-hydrogen) atoms. The van der Waals surface area contributed by atoms with E-state index in [0.717, 1.165) is 44.8 Å². The van der Waals surface area contributed by atoms with Gasteiger partial charge in [-0.05, 0) is 58.7 Å². The topological polar surface area (TPSA) is 46.9 Å². The predicted molar refractivity (Wildman–Crippen MR) is 171 cm³/mol. The van der Waals surface area contributed by atoms with Gasteiger partial charge in [0.1, 0.15) is 11.5 Å². The van der Waals surface area contributed by atoms with Crippen molar-refractivity contribution in [3.05, 3.63) is 94.0 Å². The van der Waals surface area contributed by atoms with Crippen molar-refractivity contribution in [3.8, 4) is 11.5 Å². The van der Waals surface area contributed by atoms with Gasteiger partial charge in [0.25, 0.3) is 0 Å². The molecule has 0 aliphatic carbocycles. The first kappa shape index (κ1) is 29.3. The van der Waals surface area contributed by atoms with Crippen LogP contribution in [0, 0.1) is 13.8 Å². The summed E-state index contributed by atoms with van der Waals surface area (Å²) >= 11 is 0. The van der Waals surface area contributed by atoms with Crippen molar-refractivity contribution in [1.29, 1.82) is 0 Å². The molecule has 0 fully saturated rings. The number of anilines is 2. The average Bonchev–Trinajstić information content (AvgIpc) is 2.85. The van der Waals surface area contributed by atoms with Crippen molar-refractivity contribution in [2.45, 2.75) is 79.3 Å². The second kappa shape index (κ2) is 10.7. The molecule has 212 valence electrons. The summed E-state index contributed by atoms with van der Waals surface area (Å²) in [7, 11) is 4.17. The van der Waals surface area contributed by atoms with Crippen LogP contribution in [0.1, 0.15) is 74.9 Å². The normalized spacial score (nSPS) is 12.2. The first-order valence-electron chi connectivity index (χ1n) is 14.2. The van der Waals surface area contributed by atoms with Gasteiger partial charge in [0.15, 0.2) is 0 Å². The van der Waals surface area contributed by atoms with Crippen molar-refractivity contribution in [2.24, 2.45) is 0 Å². The number of phenols is 2. The quantitative estimate of drug-likeness (QED) is 0.258. The molecule has 0 heterocycles. The second-order valence-corrected chi connectivity index (χ2v) is 13.5. The molecule has 0 atom stereocenters. The number of aromatic hydroxyl groups is 2. The van der Waals surface area contributed by atoms with Gasteiger partial charge < -0.3 is 20.0 Å². The Bertz CT molecular complexity index is 1420. The van der Waals surface area contributed by atoms with E-state index in [1.807, 2.05) is 0 Å². The lowest BCUT2D eigenvalue weighted by molar-refractivity contribution is 0.439. The highest BCUT2D eigenvalue weighted by molar-refractivity contribution is 5.92. The molecule has 0 bridgehead atoms. The Balaban J connectivity index is 1.78. The number of hydrogen-bond donors (Lipinski definition) is 2. The lowest BCUT2D eigenvalue weighted by Crippen LogP contribution is -2.24. The first-order valence-corrected chi connectivity index (χ1v) is 14.2. The maximum absolute atomic E-state index is 11.3. The van der Waals surface area contributed by atoms with Crippen LogP contribution in [-0.2, 0) is 23.9 Å². The van der Waals surface area contributed by atoms with Crippen LogP contribution in [0.4, 0.5) is 11.4 Å². The van der Waals surface area contributed by atoms with E-state index in [1.165, 1.54) is 10.8 Å². The van der Waals surface area contributed by atoms with Gasteiger partial charge in [-0.2, -0.15) is 0 Å². The van der Waals surface area contributed by atoms with Gasteiger partial charge in [-0.15, -0.1) is 0 Å². The zero-order chi connectivity index (χ0) is 29.6. The van der Waals surface area contributed by atoms with Crippen molar-refractivity contribution in [1.82, 2.24) is 0 Å². The van der Waals surface area contributed by atoms with Gasteiger partial charge in [0, 0.05) is 38.3 Å². The van der Waals surface area contributed by atoms with E-state index in [4.69, 9.17) is 0 Å². The smallest absolute Gasteiger partial charge is 0.124 e. The molecular weight excluding hydrogens is 492 g/mol. The zero-order valence-corrected chi connectivity index (χ0v) is 26.0. The highest BCUT2D eigenvalue weighted by Crippen LogP contribution is 2.40. The Morgan fingerprint density at radius 1 is 0.575 bits per heavy atom. The molecule has 4 rings (SSSR count). The minimum absolute atomic E-state index is 0.153. The van der Waals surface area contributed by atoms with Gasteiger partial charge in [-0.25, -0.2) is 0 Å². The molecule has 4 aromatic carbocycles. The molecule has 4 aromatic rings. The van der Waals surface area contributed by atoms with Crippen LogP contribution >= 0.6 is 0 Å². The van der Waals surface area contributed by atoms with Gasteiger partial charge in [-0.1, -0.05) is 101 Å². The number of benzene rings is 4. The largest absolute Gasteiger partial charge is 0.507 e. The lowest BCUT2D eigenvalue weighted by atomic mass is 9.84. The number of nitrogens with zero attached hydrogens (tertiary/aromatic N) is 2. The minimum Gasteiger partial charge on any atom is -0.507 e. The average molecular weight is 539 g/mol. The summed E-state index contributed by atoms with van der Waals surface area (Å²) in [5.74, 6) is 0.750. The Hall–Kier alpha value is -3.66. The van der Waals surface area contributed by atoms with E-state index in [-0.39, 0.29) is 10.8 Å². The Labute approximate surface area is 240 Å². The molecule has 2 N–H and O–H groups in total. The van der Waals surface area contributed by atoms with Crippen LogP contribution in [-0.4, -0.2) is 24.3 Å². The SMILES string of the molecule is Cc1cc(CN(C)c2cc3ccccc3cc2N(C)Cc2cc(C)cc(C(C)(C)C)c2O)c(O)c(C(C)(C)C)c1. The number of hydrogen-bond acceptors (Lipinski definition) is 4. The third-order valence-corrected chi connectivity index (χ3v) is 7.76. The summed E-state index contributed by atoms with van der Waals surface area (Å²) in [4.78, 5) is 4.44. The fourth-order valence-electron chi connectivity index (χ4n) is 5.60. The van der Waals surface area contributed by atoms with Gasteiger partial charge in [0.05, 0.1) is 11.4 Å². The fraction of sp³-hybridized carbons (Fsp3) is 0.389. The first-order chi connectivity index (χ1) is 18.6. The van der Waals surface area contributed by atoms with Crippen molar-refractivity contribution in [3.63, 3.8) is 0 Å². The molecule has 0 aliphatic heterocycles. The molecule has 0 amide bonds.